The number of anilines is 1. The number of benzene rings is 2. The van der Waals surface area contributed by atoms with Crippen LogP contribution in [0.2, 0.25) is 0 Å². The summed E-state index contributed by atoms with van der Waals surface area (Å²) in [7, 11) is 0. The summed E-state index contributed by atoms with van der Waals surface area (Å²) in [4.78, 5) is 26.9. The van der Waals surface area contributed by atoms with Crippen LogP contribution >= 0.6 is 0 Å². The first kappa shape index (κ1) is 19.7. The lowest BCUT2D eigenvalue weighted by molar-refractivity contribution is -0.133. The van der Waals surface area contributed by atoms with E-state index in [1.54, 1.807) is 21.9 Å². The van der Waals surface area contributed by atoms with E-state index in [1.165, 1.54) is 13.0 Å². The smallest absolute Gasteiger partial charge is 0.260 e. The molecule has 1 heterocycles. The van der Waals surface area contributed by atoms with Gasteiger partial charge in [-0.2, -0.15) is 0 Å². The second-order valence-corrected chi connectivity index (χ2v) is 6.45. The molecule has 2 aromatic carbocycles. The van der Waals surface area contributed by atoms with Gasteiger partial charge < -0.3 is 14.5 Å². The minimum absolute atomic E-state index is 0.194. The van der Waals surface area contributed by atoms with Gasteiger partial charge in [-0.15, -0.1) is 0 Å². The minimum atomic E-state index is -0.873. The number of halogens is 3. The second kappa shape index (κ2) is 8.33. The van der Waals surface area contributed by atoms with Crippen molar-refractivity contribution in [2.75, 3.05) is 37.7 Å². The predicted octanol–water partition coefficient (Wildman–Crippen LogP) is 3.03. The van der Waals surface area contributed by atoms with Crippen LogP contribution in [-0.2, 0) is 4.79 Å². The summed E-state index contributed by atoms with van der Waals surface area (Å²) in [5.41, 5.74) is 0.682. The third-order valence-corrected chi connectivity index (χ3v) is 4.57. The molecule has 3 rings (SSSR count). The van der Waals surface area contributed by atoms with Gasteiger partial charge in [-0.3, -0.25) is 9.59 Å². The molecular formula is C20H19F3N2O3. The Hall–Kier alpha value is -3.03. The fraction of sp³-hybridized carbons (Fsp3) is 0.300. The zero-order valence-corrected chi connectivity index (χ0v) is 15.3. The molecule has 0 atom stereocenters. The molecule has 1 amide bonds. The number of ketones is 1. The molecule has 0 radical (unpaired) electrons. The highest BCUT2D eigenvalue weighted by Crippen LogP contribution is 2.23. The molecule has 1 fully saturated rings. The van der Waals surface area contributed by atoms with Gasteiger partial charge in [0.05, 0.1) is 5.69 Å². The van der Waals surface area contributed by atoms with Gasteiger partial charge in [0.1, 0.15) is 11.6 Å². The van der Waals surface area contributed by atoms with Crippen molar-refractivity contribution in [3.8, 4) is 5.75 Å². The van der Waals surface area contributed by atoms with E-state index in [9.17, 15) is 22.8 Å². The quantitative estimate of drug-likeness (QED) is 0.734. The summed E-state index contributed by atoms with van der Waals surface area (Å²) in [5.74, 6) is -2.82. The maximum Gasteiger partial charge on any atom is 0.260 e. The Balaban J connectivity index is 1.54. The van der Waals surface area contributed by atoms with Crippen molar-refractivity contribution in [3.63, 3.8) is 0 Å². The van der Waals surface area contributed by atoms with Crippen molar-refractivity contribution in [1.82, 2.24) is 4.90 Å². The average Bonchev–Trinajstić information content (AvgIpc) is 2.67. The van der Waals surface area contributed by atoms with Crippen LogP contribution in [0.5, 0.6) is 5.75 Å². The van der Waals surface area contributed by atoms with E-state index in [0.717, 1.165) is 12.1 Å². The van der Waals surface area contributed by atoms with Gasteiger partial charge in [-0.1, -0.05) is 0 Å². The zero-order valence-electron chi connectivity index (χ0n) is 15.3. The number of nitrogens with zero attached hydrogens (tertiary/aromatic N) is 2. The average molecular weight is 392 g/mol. The lowest BCUT2D eigenvalue weighted by Crippen LogP contribution is -2.50. The number of piperazine rings is 1. The van der Waals surface area contributed by atoms with Crippen molar-refractivity contribution in [3.05, 3.63) is 59.4 Å². The molecule has 0 bridgehead atoms. The predicted molar refractivity (Wildman–Crippen MR) is 97.1 cm³/mol. The fourth-order valence-corrected chi connectivity index (χ4v) is 3.00. The number of Topliss-reactive ketones (excluding diaryl/α,β-unsaturated/α-hetero) is 1. The summed E-state index contributed by atoms with van der Waals surface area (Å²) in [6.07, 6.45) is 0. The van der Waals surface area contributed by atoms with Crippen LogP contribution in [0.15, 0.2) is 36.4 Å². The van der Waals surface area contributed by atoms with Crippen LogP contribution < -0.4 is 9.64 Å². The Morgan fingerprint density at radius 1 is 0.964 bits per heavy atom. The third-order valence-electron chi connectivity index (χ3n) is 4.57. The number of ether oxygens (including phenoxy) is 1. The molecule has 28 heavy (non-hydrogen) atoms. The maximum absolute atomic E-state index is 14.3. The van der Waals surface area contributed by atoms with Gasteiger partial charge >= 0.3 is 0 Å². The van der Waals surface area contributed by atoms with Gasteiger partial charge in [0.15, 0.2) is 24.0 Å². The molecule has 2 aromatic rings. The molecule has 5 nitrogen and oxygen atoms in total. The van der Waals surface area contributed by atoms with Crippen molar-refractivity contribution in [1.29, 1.82) is 0 Å². The topological polar surface area (TPSA) is 49.9 Å². The molecule has 148 valence electrons. The van der Waals surface area contributed by atoms with Crippen LogP contribution in [-0.4, -0.2) is 49.4 Å². The Morgan fingerprint density at radius 2 is 1.68 bits per heavy atom. The number of hydrogen-bond acceptors (Lipinski definition) is 4. The number of carbonyl (C=O) groups excluding carboxylic acids is 2. The van der Waals surface area contributed by atoms with Crippen molar-refractivity contribution >= 4 is 17.4 Å². The minimum Gasteiger partial charge on any atom is -0.481 e. The first-order valence-corrected chi connectivity index (χ1v) is 8.76. The van der Waals surface area contributed by atoms with Crippen molar-refractivity contribution in [2.24, 2.45) is 0 Å². The Kier molecular flexibility index (Phi) is 5.87. The Labute approximate surface area is 160 Å². The van der Waals surface area contributed by atoms with E-state index in [-0.39, 0.29) is 24.0 Å². The van der Waals surface area contributed by atoms with E-state index < -0.39 is 17.5 Å². The summed E-state index contributed by atoms with van der Waals surface area (Å²) in [6.45, 7) is 2.52. The molecule has 0 unspecified atom stereocenters. The molecule has 8 heteroatoms. The maximum atomic E-state index is 14.3. The second-order valence-electron chi connectivity index (χ2n) is 6.45. The van der Waals surface area contributed by atoms with Crippen molar-refractivity contribution in [2.45, 2.75) is 6.92 Å². The van der Waals surface area contributed by atoms with Gasteiger partial charge in [-0.25, -0.2) is 13.2 Å². The van der Waals surface area contributed by atoms with E-state index in [4.69, 9.17) is 4.74 Å². The monoisotopic (exact) mass is 392 g/mol. The van der Waals surface area contributed by atoms with E-state index in [1.807, 2.05) is 0 Å². The largest absolute Gasteiger partial charge is 0.481 e. The van der Waals surface area contributed by atoms with Gasteiger partial charge in [0.25, 0.3) is 5.91 Å². The van der Waals surface area contributed by atoms with E-state index >= 15 is 0 Å². The lowest BCUT2D eigenvalue weighted by Gasteiger charge is -2.36. The molecule has 0 spiro atoms. The summed E-state index contributed by atoms with van der Waals surface area (Å²) in [5, 5.41) is 0. The number of amides is 1. The number of hydrogen-bond donors (Lipinski definition) is 0. The SMILES string of the molecule is CC(=O)c1ccc(N2CCN(C(=O)COc3ccc(F)cc3F)CC2)c(F)c1. The van der Waals surface area contributed by atoms with Crippen LogP contribution in [0, 0.1) is 17.5 Å². The van der Waals surface area contributed by atoms with Gasteiger partial charge in [-0.05, 0) is 37.3 Å². The third kappa shape index (κ3) is 4.44. The van der Waals surface area contributed by atoms with Crippen LogP contribution in [0.1, 0.15) is 17.3 Å². The molecule has 0 aromatic heterocycles. The molecule has 1 aliphatic rings. The molecule has 0 N–H and O–H groups in total. The number of rotatable bonds is 5. The summed E-state index contributed by atoms with van der Waals surface area (Å²) in [6, 6.07) is 7.20. The molecule has 0 saturated carbocycles. The van der Waals surface area contributed by atoms with Crippen molar-refractivity contribution < 1.29 is 27.5 Å². The molecular weight excluding hydrogens is 373 g/mol. The first-order chi connectivity index (χ1) is 13.3. The highest BCUT2D eigenvalue weighted by atomic mass is 19.1. The Morgan fingerprint density at radius 3 is 2.29 bits per heavy atom. The molecule has 0 aliphatic carbocycles. The van der Waals surface area contributed by atoms with Crippen LogP contribution in [0.3, 0.4) is 0 Å². The normalized spacial score (nSPS) is 14.1. The first-order valence-electron chi connectivity index (χ1n) is 8.76. The fourth-order valence-electron chi connectivity index (χ4n) is 3.00. The lowest BCUT2D eigenvalue weighted by atomic mass is 10.1. The summed E-state index contributed by atoms with van der Waals surface area (Å²) >= 11 is 0. The number of carbonyl (C=O) groups is 2. The van der Waals surface area contributed by atoms with Gasteiger partial charge in [0, 0.05) is 37.8 Å². The van der Waals surface area contributed by atoms with Gasteiger partial charge in [0.2, 0.25) is 0 Å². The van der Waals surface area contributed by atoms with E-state index in [0.29, 0.717) is 43.5 Å². The van der Waals surface area contributed by atoms with E-state index in [2.05, 4.69) is 0 Å². The molecule has 1 aliphatic heterocycles. The van der Waals surface area contributed by atoms with Crippen LogP contribution in [0.25, 0.3) is 0 Å². The zero-order chi connectivity index (χ0) is 20.3. The Bertz CT molecular complexity index is 896. The van der Waals surface area contributed by atoms with Crippen LogP contribution in [0.4, 0.5) is 18.9 Å². The highest BCUT2D eigenvalue weighted by Gasteiger charge is 2.23. The molecule has 1 saturated heterocycles. The standard InChI is InChI=1S/C20H19F3N2O3/c1-13(26)14-2-4-18(16(22)10-14)24-6-8-25(9-7-24)20(27)12-28-19-5-3-15(21)11-17(19)23/h2-5,10-11H,6-9,12H2,1H3. The highest BCUT2D eigenvalue weighted by molar-refractivity contribution is 5.94. The summed E-state index contributed by atoms with van der Waals surface area (Å²) < 4.78 is 45.8.